The van der Waals surface area contributed by atoms with E-state index in [0.717, 1.165) is 10.8 Å². The number of fused-ring (bicyclic) bond motifs is 3. The fourth-order valence-electron chi connectivity index (χ4n) is 3.76. The predicted octanol–water partition coefficient (Wildman–Crippen LogP) is 3.13. The van der Waals surface area contributed by atoms with E-state index in [2.05, 4.69) is 5.10 Å². The van der Waals surface area contributed by atoms with Crippen molar-refractivity contribution in [2.75, 3.05) is 13.7 Å². The monoisotopic (exact) mass is 440 g/mol. The summed E-state index contributed by atoms with van der Waals surface area (Å²) in [5.74, 6) is -0.625. The minimum absolute atomic E-state index is 0.129. The molecule has 2 amide bonds. The molecule has 0 spiro atoms. The summed E-state index contributed by atoms with van der Waals surface area (Å²) in [6.07, 6.45) is -0.307. The molecule has 2 unspecified atom stereocenters. The number of alkyl halides is 1. The molecule has 2 atom stereocenters. The fraction of sp³-hybridized carbons (Fsp3) is 0.421. The zero-order chi connectivity index (χ0) is 20.9. The maximum absolute atomic E-state index is 13.2. The summed E-state index contributed by atoms with van der Waals surface area (Å²) in [6.45, 7) is 1.53. The van der Waals surface area contributed by atoms with Crippen molar-refractivity contribution < 1.29 is 18.8 Å². The first kappa shape index (κ1) is 20.1. The van der Waals surface area contributed by atoms with Crippen LogP contribution in [-0.2, 0) is 24.3 Å². The second kappa shape index (κ2) is 7.59. The van der Waals surface area contributed by atoms with Gasteiger partial charge in [-0.25, -0.2) is 9.45 Å². The van der Waals surface area contributed by atoms with E-state index in [0.29, 0.717) is 33.3 Å². The highest BCUT2D eigenvalue weighted by Crippen LogP contribution is 2.30. The van der Waals surface area contributed by atoms with Gasteiger partial charge < -0.3 is 4.90 Å². The third kappa shape index (κ3) is 3.49. The van der Waals surface area contributed by atoms with Crippen LogP contribution in [0.2, 0.25) is 10.0 Å². The Kier molecular flexibility index (Phi) is 5.27. The molecule has 3 heterocycles. The van der Waals surface area contributed by atoms with Gasteiger partial charge in [-0.3, -0.25) is 19.1 Å². The Morgan fingerprint density at radius 2 is 2.10 bits per heavy atom. The number of halogens is 3. The van der Waals surface area contributed by atoms with Gasteiger partial charge >= 0.3 is 0 Å². The standard InChI is InChI=1S/C19H19Cl2FN4O3/c1-10-5-16-13(9-25(10)18(27)11-3-4-14(20)15(21)6-11)17-19(28)24(2)29-12(7-22)8-26(17)23-16/h3-4,6,10,12H,5,7-9H2,1-2H3. The number of benzene rings is 1. The summed E-state index contributed by atoms with van der Waals surface area (Å²) in [5, 5.41) is 6.23. The molecule has 0 bridgehead atoms. The number of nitrogens with zero attached hydrogens (tertiary/aromatic N) is 4. The summed E-state index contributed by atoms with van der Waals surface area (Å²) in [5.41, 5.74) is 2.15. The summed E-state index contributed by atoms with van der Waals surface area (Å²) in [7, 11) is 1.45. The highest BCUT2D eigenvalue weighted by molar-refractivity contribution is 6.42. The van der Waals surface area contributed by atoms with Crippen LogP contribution in [0.3, 0.4) is 0 Å². The lowest BCUT2D eigenvalue weighted by Crippen LogP contribution is -2.43. The van der Waals surface area contributed by atoms with Gasteiger partial charge in [-0.1, -0.05) is 23.2 Å². The molecular formula is C19H19Cl2FN4O3. The van der Waals surface area contributed by atoms with E-state index in [1.165, 1.54) is 17.8 Å². The van der Waals surface area contributed by atoms with E-state index >= 15 is 0 Å². The van der Waals surface area contributed by atoms with Crippen molar-refractivity contribution in [3.63, 3.8) is 0 Å². The molecule has 0 aliphatic carbocycles. The summed E-state index contributed by atoms with van der Waals surface area (Å²) >= 11 is 12.0. The molecule has 0 radical (unpaired) electrons. The van der Waals surface area contributed by atoms with Crippen LogP contribution in [0.4, 0.5) is 4.39 Å². The molecule has 2 aromatic rings. The molecular weight excluding hydrogens is 422 g/mol. The average molecular weight is 441 g/mol. The summed E-state index contributed by atoms with van der Waals surface area (Å²) in [4.78, 5) is 32.9. The summed E-state index contributed by atoms with van der Waals surface area (Å²) < 4.78 is 14.7. The number of rotatable bonds is 2. The first-order valence-electron chi connectivity index (χ1n) is 9.15. The Hall–Kier alpha value is -2.16. The fourth-order valence-corrected chi connectivity index (χ4v) is 4.06. The largest absolute Gasteiger partial charge is 0.331 e. The van der Waals surface area contributed by atoms with Gasteiger partial charge in [0.15, 0.2) is 0 Å². The van der Waals surface area contributed by atoms with Gasteiger partial charge in [-0.15, -0.1) is 0 Å². The van der Waals surface area contributed by atoms with Crippen LogP contribution < -0.4 is 0 Å². The summed E-state index contributed by atoms with van der Waals surface area (Å²) in [6, 6.07) is 4.60. The number of carbonyl (C=O) groups excluding carboxylic acids is 2. The highest BCUT2D eigenvalue weighted by atomic mass is 35.5. The molecule has 0 fully saturated rings. The van der Waals surface area contributed by atoms with Crippen LogP contribution in [0.1, 0.15) is 39.0 Å². The van der Waals surface area contributed by atoms with Crippen molar-refractivity contribution in [3.8, 4) is 0 Å². The molecule has 1 aromatic heterocycles. The van der Waals surface area contributed by atoms with Crippen molar-refractivity contribution in [2.45, 2.75) is 38.6 Å². The van der Waals surface area contributed by atoms with Crippen LogP contribution in [0.25, 0.3) is 0 Å². The third-order valence-electron chi connectivity index (χ3n) is 5.25. The Balaban J connectivity index is 1.70. The number of hydrogen-bond donors (Lipinski definition) is 0. The number of amides is 2. The molecule has 2 aliphatic rings. The minimum Gasteiger partial charge on any atom is -0.331 e. The van der Waals surface area contributed by atoms with Crippen molar-refractivity contribution in [3.05, 3.63) is 50.8 Å². The molecule has 0 N–H and O–H groups in total. The minimum atomic E-state index is -0.794. The number of hydroxylamine groups is 2. The molecule has 0 saturated carbocycles. The Morgan fingerprint density at radius 1 is 1.34 bits per heavy atom. The van der Waals surface area contributed by atoms with Crippen LogP contribution in [0, 0.1) is 0 Å². The Labute approximate surface area is 176 Å². The van der Waals surface area contributed by atoms with Gasteiger partial charge in [-0.05, 0) is 25.1 Å². The maximum Gasteiger partial charge on any atom is 0.295 e. The van der Waals surface area contributed by atoms with Gasteiger partial charge in [0.1, 0.15) is 18.5 Å². The molecule has 2 aliphatic heterocycles. The molecule has 7 nitrogen and oxygen atoms in total. The lowest BCUT2D eigenvalue weighted by molar-refractivity contribution is -0.152. The molecule has 154 valence electrons. The molecule has 4 rings (SSSR count). The first-order valence-corrected chi connectivity index (χ1v) is 9.91. The van der Waals surface area contributed by atoms with Gasteiger partial charge in [0.25, 0.3) is 11.8 Å². The van der Waals surface area contributed by atoms with Crippen molar-refractivity contribution in [2.24, 2.45) is 0 Å². The van der Waals surface area contributed by atoms with E-state index in [1.54, 1.807) is 17.0 Å². The van der Waals surface area contributed by atoms with Crippen LogP contribution in [0.5, 0.6) is 0 Å². The zero-order valence-corrected chi connectivity index (χ0v) is 17.4. The molecule has 29 heavy (non-hydrogen) atoms. The highest BCUT2D eigenvalue weighted by Gasteiger charge is 2.37. The van der Waals surface area contributed by atoms with Crippen LogP contribution in [-0.4, -0.2) is 57.4 Å². The first-order chi connectivity index (χ1) is 13.8. The van der Waals surface area contributed by atoms with E-state index in [4.69, 9.17) is 28.0 Å². The molecule has 0 saturated heterocycles. The lowest BCUT2D eigenvalue weighted by Gasteiger charge is -2.33. The maximum atomic E-state index is 13.2. The second-order valence-corrected chi connectivity index (χ2v) is 8.07. The topological polar surface area (TPSA) is 67.7 Å². The third-order valence-corrected chi connectivity index (χ3v) is 5.99. The predicted molar refractivity (Wildman–Crippen MR) is 105 cm³/mol. The van der Waals surface area contributed by atoms with Crippen LogP contribution in [0.15, 0.2) is 18.2 Å². The van der Waals surface area contributed by atoms with E-state index in [1.807, 2.05) is 6.92 Å². The average Bonchev–Trinajstić information content (AvgIpc) is 2.98. The van der Waals surface area contributed by atoms with Crippen molar-refractivity contribution >= 4 is 35.0 Å². The van der Waals surface area contributed by atoms with E-state index in [-0.39, 0.29) is 25.0 Å². The van der Waals surface area contributed by atoms with Crippen LogP contribution >= 0.6 is 23.2 Å². The van der Waals surface area contributed by atoms with Gasteiger partial charge in [-0.2, -0.15) is 5.10 Å². The second-order valence-electron chi connectivity index (χ2n) is 7.26. The number of hydrogen-bond acceptors (Lipinski definition) is 4. The number of carbonyl (C=O) groups is 2. The van der Waals surface area contributed by atoms with E-state index < -0.39 is 18.7 Å². The lowest BCUT2D eigenvalue weighted by atomic mass is 9.98. The van der Waals surface area contributed by atoms with Crippen molar-refractivity contribution in [1.82, 2.24) is 19.7 Å². The van der Waals surface area contributed by atoms with E-state index in [9.17, 15) is 14.0 Å². The zero-order valence-electron chi connectivity index (χ0n) is 15.9. The normalized spacial score (nSPS) is 21.6. The molecule has 10 heteroatoms. The molecule has 1 aromatic carbocycles. The van der Waals surface area contributed by atoms with Gasteiger partial charge in [0, 0.05) is 30.6 Å². The van der Waals surface area contributed by atoms with Gasteiger partial charge in [0.2, 0.25) is 0 Å². The quantitative estimate of drug-likeness (QED) is 0.719. The Bertz CT molecular complexity index is 996. The smallest absolute Gasteiger partial charge is 0.295 e. The van der Waals surface area contributed by atoms with Crippen molar-refractivity contribution in [1.29, 1.82) is 0 Å². The van der Waals surface area contributed by atoms with Gasteiger partial charge in [0.05, 0.1) is 28.8 Å². The Morgan fingerprint density at radius 3 is 2.79 bits per heavy atom. The number of aromatic nitrogens is 2. The SMILES string of the molecule is CC1Cc2nn3c(c2CN1C(=O)c1ccc(Cl)c(Cl)c1)C(=O)N(C)OC(CF)C3.